The summed E-state index contributed by atoms with van der Waals surface area (Å²) in [4.78, 5) is 15.7. The van der Waals surface area contributed by atoms with Crippen LogP contribution in [-0.4, -0.2) is 21.7 Å². The van der Waals surface area contributed by atoms with Crippen LogP contribution < -0.4 is 0 Å². The molecule has 5 heteroatoms. The molecule has 1 aromatic heterocycles. The number of aromatic nitrogens is 2. The van der Waals surface area contributed by atoms with Crippen molar-refractivity contribution >= 4 is 17.5 Å². The Bertz CT molecular complexity index is 402. The van der Waals surface area contributed by atoms with Gasteiger partial charge in [0.1, 0.15) is 5.78 Å². The highest BCUT2D eigenvalue weighted by molar-refractivity contribution is 7.99. The SMILES string of the molecule is O=C1CCC(c2nc(C3CCCS3)no2)CC1. The van der Waals surface area contributed by atoms with Gasteiger partial charge in [0.25, 0.3) is 0 Å². The lowest BCUT2D eigenvalue weighted by molar-refractivity contribution is -0.120. The van der Waals surface area contributed by atoms with Crippen molar-refractivity contribution in [2.45, 2.75) is 49.7 Å². The van der Waals surface area contributed by atoms with E-state index in [1.165, 1.54) is 12.2 Å². The van der Waals surface area contributed by atoms with Crippen LogP contribution in [0.3, 0.4) is 0 Å². The van der Waals surface area contributed by atoms with Gasteiger partial charge in [0.05, 0.1) is 5.25 Å². The predicted octanol–water partition coefficient (Wildman–Crippen LogP) is 2.86. The Balaban J connectivity index is 1.69. The topological polar surface area (TPSA) is 56.0 Å². The van der Waals surface area contributed by atoms with Crippen LogP contribution >= 0.6 is 11.8 Å². The minimum absolute atomic E-state index is 0.306. The van der Waals surface area contributed by atoms with E-state index in [-0.39, 0.29) is 0 Å². The van der Waals surface area contributed by atoms with Crippen LogP contribution in [-0.2, 0) is 4.79 Å². The lowest BCUT2D eigenvalue weighted by atomic mass is 9.88. The number of thioether (sulfide) groups is 1. The van der Waals surface area contributed by atoms with Crippen LogP contribution in [0.15, 0.2) is 4.52 Å². The van der Waals surface area contributed by atoms with E-state index in [1.807, 2.05) is 11.8 Å². The molecule has 92 valence electrons. The van der Waals surface area contributed by atoms with Crippen LogP contribution in [0.1, 0.15) is 61.4 Å². The number of carbonyl (C=O) groups excluding carboxylic acids is 1. The highest BCUT2D eigenvalue weighted by Gasteiger charge is 2.28. The number of rotatable bonds is 2. The third kappa shape index (κ3) is 2.39. The molecule has 0 bridgehead atoms. The third-order valence-corrected chi connectivity index (χ3v) is 4.94. The monoisotopic (exact) mass is 252 g/mol. The number of Topliss-reactive ketones (excluding diaryl/α,β-unsaturated/α-hetero) is 1. The normalized spacial score (nSPS) is 26.6. The molecule has 0 amide bonds. The van der Waals surface area contributed by atoms with Crippen molar-refractivity contribution in [2.75, 3.05) is 5.75 Å². The fraction of sp³-hybridized carbons (Fsp3) is 0.750. The van der Waals surface area contributed by atoms with Crippen molar-refractivity contribution in [3.8, 4) is 0 Å². The van der Waals surface area contributed by atoms with E-state index in [0.717, 1.165) is 31.0 Å². The molecule has 0 N–H and O–H groups in total. The first-order valence-electron chi connectivity index (χ1n) is 6.30. The minimum Gasteiger partial charge on any atom is -0.339 e. The van der Waals surface area contributed by atoms with Crippen molar-refractivity contribution in [3.63, 3.8) is 0 Å². The van der Waals surface area contributed by atoms with Gasteiger partial charge in [0.15, 0.2) is 5.82 Å². The first-order valence-corrected chi connectivity index (χ1v) is 7.34. The fourth-order valence-electron chi connectivity index (χ4n) is 2.51. The zero-order valence-corrected chi connectivity index (χ0v) is 10.5. The summed E-state index contributed by atoms with van der Waals surface area (Å²) >= 11 is 1.92. The average Bonchev–Trinajstić information content (AvgIpc) is 3.00. The highest BCUT2D eigenvalue weighted by Crippen LogP contribution is 2.39. The molecular weight excluding hydrogens is 236 g/mol. The molecule has 1 atom stereocenters. The summed E-state index contributed by atoms with van der Waals surface area (Å²) in [5.74, 6) is 3.49. The molecule has 3 rings (SSSR count). The summed E-state index contributed by atoms with van der Waals surface area (Å²) in [7, 11) is 0. The van der Waals surface area contributed by atoms with Crippen molar-refractivity contribution < 1.29 is 9.32 Å². The van der Waals surface area contributed by atoms with E-state index >= 15 is 0 Å². The molecule has 4 nitrogen and oxygen atoms in total. The molecule has 1 aliphatic heterocycles. The number of hydrogen-bond donors (Lipinski definition) is 0. The van der Waals surface area contributed by atoms with Gasteiger partial charge in [-0.3, -0.25) is 4.79 Å². The Kier molecular flexibility index (Phi) is 3.18. The average molecular weight is 252 g/mol. The zero-order chi connectivity index (χ0) is 11.7. The largest absolute Gasteiger partial charge is 0.339 e. The molecule has 1 saturated carbocycles. The summed E-state index contributed by atoms with van der Waals surface area (Å²) in [6, 6.07) is 0. The molecule has 2 heterocycles. The summed E-state index contributed by atoms with van der Waals surface area (Å²) in [6.07, 6.45) is 5.49. The van der Waals surface area contributed by atoms with Gasteiger partial charge in [0.2, 0.25) is 5.89 Å². The van der Waals surface area contributed by atoms with E-state index in [1.54, 1.807) is 0 Å². The van der Waals surface area contributed by atoms with Crippen molar-refractivity contribution in [1.82, 2.24) is 10.1 Å². The van der Waals surface area contributed by atoms with Gasteiger partial charge in [-0.15, -0.1) is 0 Å². The number of ketones is 1. The lowest BCUT2D eigenvalue weighted by Crippen LogP contribution is -2.12. The molecule has 1 unspecified atom stereocenters. The van der Waals surface area contributed by atoms with E-state index < -0.39 is 0 Å². The second-order valence-corrected chi connectivity index (χ2v) is 6.12. The smallest absolute Gasteiger partial charge is 0.229 e. The molecule has 1 aromatic rings. The van der Waals surface area contributed by atoms with Gasteiger partial charge in [-0.1, -0.05) is 5.16 Å². The molecule has 2 aliphatic rings. The second-order valence-electron chi connectivity index (χ2n) is 4.81. The maximum Gasteiger partial charge on any atom is 0.229 e. The molecule has 1 saturated heterocycles. The van der Waals surface area contributed by atoms with Crippen LogP contribution in [0.5, 0.6) is 0 Å². The summed E-state index contributed by atoms with van der Waals surface area (Å²) in [6.45, 7) is 0. The van der Waals surface area contributed by atoms with Crippen LogP contribution in [0, 0.1) is 0 Å². The number of nitrogens with zero attached hydrogens (tertiary/aromatic N) is 2. The maximum absolute atomic E-state index is 11.2. The molecule has 1 aliphatic carbocycles. The molecular formula is C12H16N2O2S. The first-order chi connectivity index (χ1) is 8.33. The van der Waals surface area contributed by atoms with Crippen molar-refractivity contribution in [3.05, 3.63) is 11.7 Å². The Labute approximate surface area is 105 Å². The fourth-order valence-corrected chi connectivity index (χ4v) is 3.71. The standard InChI is InChI=1S/C12H16N2O2S/c15-9-5-3-8(4-6-9)12-13-11(14-16-12)10-2-1-7-17-10/h8,10H,1-7H2. The van der Waals surface area contributed by atoms with Gasteiger partial charge in [-0.2, -0.15) is 16.7 Å². The molecule has 0 spiro atoms. The van der Waals surface area contributed by atoms with E-state index in [2.05, 4.69) is 10.1 Å². The number of carbonyl (C=O) groups is 1. The maximum atomic E-state index is 11.2. The predicted molar refractivity (Wildman–Crippen MR) is 64.9 cm³/mol. The first kappa shape index (κ1) is 11.3. The van der Waals surface area contributed by atoms with Gasteiger partial charge >= 0.3 is 0 Å². The van der Waals surface area contributed by atoms with Crippen molar-refractivity contribution in [1.29, 1.82) is 0 Å². The summed E-state index contributed by atoms with van der Waals surface area (Å²) in [5, 5.41) is 4.53. The lowest BCUT2D eigenvalue weighted by Gasteiger charge is -2.16. The Morgan fingerprint density at radius 3 is 2.76 bits per heavy atom. The summed E-state index contributed by atoms with van der Waals surface area (Å²) < 4.78 is 5.37. The molecule has 17 heavy (non-hydrogen) atoms. The van der Waals surface area contributed by atoms with Crippen LogP contribution in [0.25, 0.3) is 0 Å². The number of hydrogen-bond acceptors (Lipinski definition) is 5. The summed E-state index contributed by atoms with van der Waals surface area (Å²) in [5.41, 5.74) is 0. The van der Waals surface area contributed by atoms with E-state index in [9.17, 15) is 4.79 Å². The van der Waals surface area contributed by atoms with Gasteiger partial charge in [0, 0.05) is 18.8 Å². The van der Waals surface area contributed by atoms with Gasteiger partial charge < -0.3 is 4.52 Å². The van der Waals surface area contributed by atoms with Gasteiger partial charge in [-0.05, 0) is 31.4 Å². The van der Waals surface area contributed by atoms with E-state index in [0.29, 0.717) is 29.8 Å². The quantitative estimate of drug-likeness (QED) is 0.810. The van der Waals surface area contributed by atoms with Crippen LogP contribution in [0.2, 0.25) is 0 Å². The second kappa shape index (κ2) is 4.80. The molecule has 2 fully saturated rings. The Morgan fingerprint density at radius 2 is 2.06 bits per heavy atom. The van der Waals surface area contributed by atoms with E-state index in [4.69, 9.17) is 4.52 Å². The Morgan fingerprint density at radius 1 is 1.24 bits per heavy atom. The zero-order valence-electron chi connectivity index (χ0n) is 9.72. The van der Waals surface area contributed by atoms with Gasteiger partial charge in [-0.25, -0.2) is 0 Å². The molecule has 0 aromatic carbocycles. The van der Waals surface area contributed by atoms with Crippen LogP contribution in [0.4, 0.5) is 0 Å². The van der Waals surface area contributed by atoms with Crippen molar-refractivity contribution in [2.24, 2.45) is 0 Å². The minimum atomic E-state index is 0.306. The molecule has 0 radical (unpaired) electrons. The highest BCUT2D eigenvalue weighted by atomic mass is 32.2. The Hall–Kier alpha value is -0.840. The third-order valence-electron chi connectivity index (χ3n) is 3.57.